The van der Waals surface area contributed by atoms with Gasteiger partial charge in [-0.05, 0) is 42.3 Å². The third kappa shape index (κ3) is 3.43. The van der Waals surface area contributed by atoms with Gasteiger partial charge in [0.15, 0.2) is 0 Å². The fourth-order valence-corrected chi connectivity index (χ4v) is 2.13. The van der Waals surface area contributed by atoms with Crippen LogP contribution in [0.15, 0.2) is 40.9 Å². The number of hydrogen-bond acceptors (Lipinski definition) is 3. The lowest BCUT2D eigenvalue weighted by Gasteiger charge is -2.08. The molecule has 1 N–H and O–H groups in total. The number of nitrogens with one attached hydrogen (secondary N) is 1. The Balaban J connectivity index is 2.09. The molecule has 1 aromatic heterocycles. The number of nitrogens with zero attached hydrogens (tertiary/aromatic N) is 2. The number of benzene rings is 1. The third-order valence-electron chi connectivity index (χ3n) is 2.85. The van der Waals surface area contributed by atoms with E-state index in [1.807, 2.05) is 31.2 Å². The van der Waals surface area contributed by atoms with Crippen LogP contribution in [-0.2, 0) is 6.54 Å². The number of carbonyl (C=O) groups excluding carboxylic acids is 1. The molecule has 1 heterocycles. The quantitative estimate of drug-likeness (QED) is 0.941. The van der Waals surface area contributed by atoms with E-state index in [2.05, 4.69) is 26.2 Å². The normalized spacial score (nSPS) is 9.85. The summed E-state index contributed by atoms with van der Waals surface area (Å²) < 4.78 is 0.969. The van der Waals surface area contributed by atoms with Crippen molar-refractivity contribution in [3.63, 3.8) is 0 Å². The molecule has 20 heavy (non-hydrogen) atoms. The molecular weight excluding hydrogens is 318 g/mol. The van der Waals surface area contributed by atoms with Crippen molar-refractivity contribution in [3.05, 3.63) is 63.4 Å². The molecule has 0 radical (unpaired) electrons. The Kier molecular flexibility index (Phi) is 4.49. The van der Waals surface area contributed by atoms with Crippen LogP contribution in [0.1, 0.15) is 27.3 Å². The largest absolute Gasteiger partial charge is 0.347 e. The van der Waals surface area contributed by atoms with E-state index in [0.29, 0.717) is 6.54 Å². The van der Waals surface area contributed by atoms with Gasteiger partial charge in [-0.25, -0.2) is 4.98 Å². The first-order chi connectivity index (χ1) is 9.60. The molecule has 0 aliphatic rings. The molecule has 0 aliphatic carbocycles. The number of rotatable bonds is 3. The SMILES string of the molecule is Cc1ccc(Br)cc1CNC(=O)c1cccc(C#N)n1. The van der Waals surface area contributed by atoms with Crippen LogP contribution >= 0.6 is 15.9 Å². The van der Waals surface area contributed by atoms with Crippen molar-refractivity contribution >= 4 is 21.8 Å². The maximum Gasteiger partial charge on any atom is 0.270 e. The fourth-order valence-electron chi connectivity index (χ4n) is 1.72. The van der Waals surface area contributed by atoms with Crippen LogP contribution in [0.2, 0.25) is 0 Å². The van der Waals surface area contributed by atoms with Crippen LogP contribution in [0.3, 0.4) is 0 Å². The Hall–Kier alpha value is -2.19. The summed E-state index contributed by atoms with van der Waals surface area (Å²) in [7, 11) is 0. The van der Waals surface area contributed by atoms with Crippen molar-refractivity contribution in [1.29, 1.82) is 5.26 Å². The van der Waals surface area contributed by atoms with Gasteiger partial charge in [0.2, 0.25) is 0 Å². The highest BCUT2D eigenvalue weighted by atomic mass is 79.9. The number of aromatic nitrogens is 1. The van der Waals surface area contributed by atoms with Gasteiger partial charge in [0.25, 0.3) is 5.91 Å². The smallest absolute Gasteiger partial charge is 0.270 e. The second kappa shape index (κ2) is 6.31. The molecule has 2 rings (SSSR count). The predicted molar refractivity (Wildman–Crippen MR) is 79.0 cm³/mol. The van der Waals surface area contributed by atoms with Crippen molar-refractivity contribution in [2.45, 2.75) is 13.5 Å². The van der Waals surface area contributed by atoms with E-state index in [9.17, 15) is 4.79 Å². The van der Waals surface area contributed by atoms with Crippen molar-refractivity contribution in [1.82, 2.24) is 10.3 Å². The van der Waals surface area contributed by atoms with Gasteiger partial charge in [0, 0.05) is 11.0 Å². The number of carbonyl (C=O) groups is 1. The Morgan fingerprint density at radius 2 is 2.20 bits per heavy atom. The molecular formula is C15H12BrN3O. The lowest BCUT2D eigenvalue weighted by Crippen LogP contribution is -2.24. The van der Waals surface area contributed by atoms with Gasteiger partial charge in [0.1, 0.15) is 17.5 Å². The van der Waals surface area contributed by atoms with Crippen LogP contribution in [0.4, 0.5) is 0 Å². The van der Waals surface area contributed by atoms with Crippen LogP contribution in [0, 0.1) is 18.3 Å². The molecule has 4 nitrogen and oxygen atoms in total. The van der Waals surface area contributed by atoms with Gasteiger partial charge in [-0.1, -0.05) is 28.1 Å². The second-order valence-corrected chi connectivity index (χ2v) is 5.19. The van der Waals surface area contributed by atoms with Gasteiger partial charge in [-0.15, -0.1) is 0 Å². The molecule has 0 saturated carbocycles. The van der Waals surface area contributed by atoms with Gasteiger partial charge in [0.05, 0.1) is 0 Å². The van der Waals surface area contributed by atoms with Crippen LogP contribution in [0.5, 0.6) is 0 Å². The second-order valence-electron chi connectivity index (χ2n) is 4.27. The lowest BCUT2D eigenvalue weighted by atomic mass is 10.1. The Morgan fingerprint density at radius 1 is 1.40 bits per heavy atom. The van der Waals surface area contributed by atoms with E-state index >= 15 is 0 Å². The molecule has 0 unspecified atom stereocenters. The minimum atomic E-state index is -0.290. The minimum absolute atomic E-state index is 0.233. The first kappa shape index (κ1) is 14.2. The van der Waals surface area contributed by atoms with Crippen molar-refractivity contribution in [2.75, 3.05) is 0 Å². The highest BCUT2D eigenvalue weighted by molar-refractivity contribution is 9.10. The summed E-state index contributed by atoms with van der Waals surface area (Å²) in [6.45, 7) is 2.41. The van der Waals surface area contributed by atoms with E-state index < -0.39 is 0 Å². The summed E-state index contributed by atoms with van der Waals surface area (Å²) in [6.07, 6.45) is 0. The highest BCUT2D eigenvalue weighted by Crippen LogP contribution is 2.15. The summed E-state index contributed by atoms with van der Waals surface area (Å²) in [5.41, 5.74) is 2.62. The average molecular weight is 330 g/mol. The zero-order valence-electron chi connectivity index (χ0n) is 10.9. The number of aryl methyl sites for hydroxylation is 1. The van der Waals surface area contributed by atoms with Crippen LogP contribution < -0.4 is 5.32 Å². The lowest BCUT2D eigenvalue weighted by molar-refractivity contribution is 0.0946. The molecule has 100 valence electrons. The molecule has 0 saturated heterocycles. The molecule has 0 bridgehead atoms. The molecule has 0 spiro atoms. The maximum absolute atomic E-state index is 12.0. The number of amides is 1. The van der Waals surface area contributed by atoms with Gasteiger partial charge >= 0.3 is 0 Å². The topological polar surface area (TPSA) is 65.8 Å². The molecule has 2 aromatic rings. The molecule has 0 fully saturated rings. The zero-order valence-corrected chi connectivity index (χ0v) is 12.4. The summed E-state index contributed by atoms with van der Waals surface area (Å²) in [4.78, 5) is 15.9. The number of halogens is 1. The average Bonchev–Trinajstić information content (AvgIpc) is 2.48. The number of pyridine rings is 1. The first-order valence-corrected chi connectivity index (χ1v) is 6.80. The standard InChI is InChI=1S/C15H12BrN3O/c1-10-5-6-12(16)7-11(10)9-18-15(20)14-4-2-3-13(8-17)19-14/h2-7H,9H2,1H3,(H,18,20). The van der Waals surface area contributed by atoms with E-state index in [1.54, 1.807) is 18.2 Å². The molecule has 5 heteroatoms. The van der Waals surface area contributed by atoms with E-state index in [0.717, 1.165) is 15.6 Å². The Labute approximate surface area is 125 Å². The van der Waals surface area contributed by atoms with Gasteiger partial charge in [-0.2, -0.15) is 5.26 Å². The fraction of sp³-hybridized carbons (Fsp3) is 0.133. The number of hydrogen-bond donors (Lipinski definition) is 1. The van der Waals surface area contributed by atoms with Crippen molar-refractivity contribution in [2.24, 2.45) is 0 Å². The van der Waals surface area contributed by atoms with E-state index in [-0.39, 0.29) is 17.3 Å². The first-order valence-electron chi connectivity index (χ1n) is 6.00. The molecule has 1 aromatic carbocycles. The summed E-state index contributed by atoms with van der Waals surface area (Å²) in [6, 6.07) is 12.6. The Bertz CT molecular complexity index is 692. The predicted octanol–water partition coefficient (Wildman–Crippen LogP) is 2.95. The maximum atomic E-state index is 12.0. The highest BCUT2D eigenvalue weighted by Gasteiger charge is 2.08. The van der Waals surface area contributed by atoms with E-state index in [1.165, 1.54) is 0 Å². The van der Waals surface area contributed by atoms with E-state index in [4.69, 9.17) is 5.26 Å². The summed E-state index contributed by atoms with van der Waals surface area (Å²) in [5, 5.41) is 11.6. The van der Waals surface area contributed by atoms with Crippen molar-refractivity contribution in [3.8, 4) is 6.07 Å². The third-order valence-corrected chi connectivity index (χ3v) is 3.34. The number of nitriles is 1. The summed E-state index contributed by atoms with van der Waals surface area (Å²) in [5.74, 6) is -0.290. The Morgan fingerprint density at radius 3 is 2.95 bits per heavy atom. The monoisotopic (exact) mass is 329 g/mol. The zero-order chi connectivity index (χ0) is 14.5. The van der Waals surface area contributed by atoms with Gasteiger partial charge < -0.3 is 5.32 Å². The minimum Gasteiger partial charge on any atom is -0.347 e. The molecule has 1 amide bonds. The van der Waals surface area contributed by atoms with Crippen molar-refractivity contribution < 1.29 is 4.79 Å². The molecule has 0 atom stereocenters. The molecule has 0 aliphatic heterocycles. The van der Waals surface area contributed by atoms with Gasteiger partial charge in [-0.3, -0.25) is 4.79 Å². The van der Waals surface area contributed by atoms with Crippen LogP contribution in [-0.4, -0.2) is 10.9 Å². The summed E-state index contributed by atoms with van der Waals surface area (Å²) >= 11 is 3.41. The van der Waals surface area contributed by atoms with Crippen LogP contribution in [0.25, 0.3) is 0 Å².